The van der Waals surface area contributed by atoms with E-state index in [4.69, 9.17) is 11.6 Å². The minimum absolute atomic E-state index is 0.121. The predicted molar refractivity (Wildman–Crippen MR) is 78.2 cm³/mol. The Bertz CT molecular complexity index is 587. The van der Waals surface area contributed by atoms with E-state index in [1.54, 1.807) is 18.2 Å². The van der Waals surface area contributed by atoms with Crippen molar-refractivity contribution in [1.29, 1.82) is 0 Å². The molecule has 2 aromatic rings. The average molecular weight is 293 g/mol. The SMILES string of the molecule is O=C(CNc1ccc(F)cc1)NCc1ccccc1Cl. The van der Waals surface area contributed by atoms with Crippen molar-refractivity contribution in [2.24, 2.45) is 0 Å². The van der Waals surface area contributed by atoms with E-state index in [1.807, 2.05) is 18.2 Å². The van der Waals surface area contributed by atoms with E-state index in [9.17, 15) is 9.18 Å². The van der Waals surface area contributed by atoms with Crippen molar-refractivity contribution in [2.75, 3.05) is 11.9 Å². The third kappa shape index (κ3) is 4.24. The first kappa shape index (κ1) is 14.3. The zero-order chi connectivity index (χ0) is 14.4. The molecule has 0 aliphatic heterocycles. The lowest BCUT2D eigenvalue weighted by Crippen LogP contribution is -2.29. The minimum atomic E-state index is -0.307. The molecule has 0 radical (unpaired) electrons. The highest BCUT2D eigenvalue weighted by Crippen LogP contribution is 2.14. The van der Waals surface area contributed by atoms with E-state index >= 15 is 0 Å². The van der Waals surface area contributed by atoms with E-state index in [1.165, 1.54) is 12.1 Å². The highest BCUT2D eigenvalue weighted by Gasteiger charge is 2.03. The normalized spacial score (nSPS) is 10.1. The van der Waals surface area contributed by atoms with Crippen LogP contribution in [0.4, 0.5) is 10.1 Å². The first-order valence-electron chi connectivity index (χ1n) is 6.15. The van der Waals surface area contributed by atoms with E-state index in [2.05, 4.69) is 10.6 Å². The lowest BCUT2D eigenvalue weighted by atomic mass is 10.2. The highest BCUT2D eigenvalue weighted by atomic mass is 35.5. The number of carbonyl (C=O) groups is 1. The fraction of sp³-hybridized carbons (Fsp3) is 0.133. The fourth-order valence-electron chi connectivity index (χ4n) is 1.65. The van der Waals surface area contributed by atoms with Crippen LogP contribution in [0.2, 0.25) is 5.02 Å². The van der Waals surface area contributed by atoms with Gasteiger partial charge in [-0.15, -0.1) is 0 Å². The summed E-state index contributed by atoms with van der Waals surface area (Å²) in [6, 6.07) is 13.2. The van der Waals surface area contributed by atoms with Crippen LogP contribution in [0, 0.1) is 5.82 Å². The molecular weight excluding hydrogens is 279 g/mol. The van der Waals surface area contributed by atoms with E-state index in [0.717, 1.165) is 5.56 Å². The summed E-state index contributed by atoms with van der Waals surface area (Å²) < 4.78 is 12.7. The Morgan fingerprint density at radius 1 is 1.10 bits per heavy atom. The summed E-state index contributed by atoms with van der Waals surface area (Å²) in [4.78, 5) is 11.7. The number of hydrogen-bond acceptors (Lipinski definition) is 2. The van der Waals surface area contributed by atoms with Crippen LogP contribution in [0.5, 0.6) is 0 Å². The Balaban J connectivity index is 1.78. The zero-order valence-electron chi connectivity index (χ0n) is 10.7. The number of hydrogen-bond donors (Lipinski definition) is 2. The molecule has 0 spiro atoms. The van der Waals surface area contributed by atoms with Gasteiger partial charge in [0.15, 0.2) is 0 Å². The van der Waals surface area contributed by atoms with Gasteiger partial charge in [-0.3, -0.25) is 4.79 Å². The highest BCUT2D eigenvalue weighted by molar-refractivity contribution is 6.31. The summed E-state index contributed by atoms with van der Waals surface area (Å²) in [5, 5.41) is 6.30. The van der Waals surface area contributed by atoms with Crippen LogP contribution in [0.1, 0.15) is 5.56 Å². The minimum Gasteiger partial charge on any atom is -0.376 e. The molecule has 0 aliphatic carbocycles. The van der Waals surface area contributed by atoms with Crippen LogP contribution in [0.15, 0.2) is 48.5 Å². The van der Waals surface area contributed by atoms with Gasteiger partial charge >= 0.3 is 0 Å². The van der Waals surface area contributed by atoms with Crippen molar-refractivity contribution < 1.29 is 9.18 Å². The standard InChI is InChI=1S/C15H14ClFN2O/c16-14-4-2-1-3-11(14)9-19-15(20)10-18-13-7-5-12(17)6-8-13/h1-8,18H,9-10H2,(H,19,20). The Morgan fingerprint density at radius 3 is 2.50 bits per heavy atom. The van der Waals surface area contributed by atoms with Crippen molar-refractivity contribution in [3.8, 4) is 0 Å². The van der Waals surface area contributed by atoms with Gasteiger partial charge in [0.1, 0.15) is 5.82 Å². The molecule has 20 heavy (non-hydrogen) atoms. The van der Waals surface area contributed by atoms with Crippen molar-refractivity contribution in [2.45, 2.75) is 6.54 Å². The first-order valence-corrected chi connectivity index (χ1v) is 6.52. The molecule has 2 rings (SSSR count). The van der Waals surface area contributed by atoms with Crippen LogP contribution < -0.4 is 10.6 Å². The summed E-state index contributed by atoms with van der Waals surface area (Å²) in [5.41, 5.74) is 1.56. The van der Waals surface area contributed by atoms with Gasteiger partial charge in [-0.2, -0.15) is 0 Å². The summed E-state index contributed by atoms with van der Waals surface area (Å²) in [5.74, 6) is -0.465. The molecule has 5 heteroatoms. The van der Waals surface area contributed by atoms with E-state index in [-0.39, 0.29) is 18.3 Å². The van der Waals surface area contributed by atoms with Crippen LogP contribution in [0.25, 0.3) is 0 Å². The molecule has 0 saturated carbocycles. The number of rotatable bonds is 5. The van der Waals surface area contributed by atoms with E-state index in [0.29, 0.717) is 17.3 Å². The molecule has 2 N–H and O–H groups in total. The summed E-state index contributed by atoms with van der Waals surface area (Å²) in [7, 11) is 0. The Morgan fingerprint density at radius 2 is 1.80 bits per heavy atom. The molecule has 0 aromatic heterocycles. The Kier molecular flexibility index (Phi) is 4.96. The lowest BCUT2D eigenvalue weighted by molar-refractivity contribution is -0.119. The number of anilines is 1. The Labute approximate surface area is 121 Å². The van der Waals surface area contributed by atoms with Crippen LogP contribution in [-0.4, -0.2) is 12.5 Å². The smallest absolute Gasteiger partial charge is 0.239 e. The quantitative estimate of drug-likeness (QED) is 0.888. The molecule has 1 amide bonds. The molecule has 0 fully saturated rings. The second-order valence-corrected chi connectivity index (χ2v) is 4.64. The second-order valence-electron chi connectivity index (χ2n) is 4.23. The first-order chi connectivity index (χ1) is 9.65. The van der Waals surface area contributed by atoms with Crippen LogP contribution in [-0.2, 0) is 11.3 Å². The van der Waals surface area contributed by atoms with Gasteiger partial charge in [-0.25, -0.2) is 4.39 Å². The molecule has 104 valence electrons. The fourth-order valence-corrected chi connectivity index (χ4v) is 1.85. The van der Waals surface area contributed by atoms with Gasteiger partial charge in [0, 0.05) is 17.3 Å². The third-order valence-electron chi connectivity index (χ3n) is 2.73. The number of carbonyl (C=O) groups excluding carboxylic acids is 1. The molecule has 3 nitrogen and oxygen atoms in total. The average Bonchev–Trinajstić information content (AvgIpc) is 2.46. The van der Waals surface area contributed by atoms with Gasteiger partial charge in [-0.05, 0) is 35.9 Å². The largest absolute Gasteiger partial charge is 0.376 e. The number of nitrogens with one attached hydrogen (secondary N) is 2. The summed E-state index contributed by atoms with van der Waals surface area (Å²) in [6.07, 6.45) is 0. The molecule has 0 bridgehead atoms. The summed E-state index contributed by atoms with van der Waals surface area (Å²) >= 11 is 5.99. The van der Waals surface area contributed by atoms with Crippen molar-refractivity contribution in [3.63, 3.8) is 0 Å². The molecule has 0 unspecified atom stereocenters. The number of amides is 1. The maximum Gasteiger partial charge on any atom is 0.239 e. The lowest BCUT2D eigenvalue weighted by Gasteiger charge is -2.08. The van der Waals surface area contributed by atoms with Gasteiger partial charge in [-0.1, -0.05) is 29.8 Å². The molecule has 0 saturated heterocycles. The second kappa shape index (κ2) is 6.91. The third-order valence-corrected chi connectivity index (χ3v) is 3.10. The van der Waals surface area contributed by atoms with E-state index < -0.39 is 0 Å². The maximum absolute atomic E-state index is 12.7. The maximum atomic E-state index is 12.7. The zero-order valence-corrected chi connectivity index (χ0v) is 11.5. The van der Waals surface area contributed by atoms with Gasteiger partial charge in [0.05, 0.1) is 6.54 Å². The van der Waals surface area contributed by atoms with Crippen molar-refractivity contribution in [1.82, 2.24) is 5.32 Å². The molecule has 0 aliphatic rings. The van der Waals surface area contributed by atoms with Crippen molar-refractivity contribution in [3.05, 3.63) is 64.9 Å². The van der Waals surface area contributed by atoms with Crippen molar-refractivity contribution >= 4 is 23.2 Å². The monoisotopic (exact) mass is 292 g/mol. The topological polar surface area (TPSA) is 41.1 Å². The van der Waals surface area contributed by atoms with Crippen LogP contribution in [0.3, 0.4) is 0 Å². The summed E-state index contributed by atoms with van der Waals surface area (Å²) in [6.45, 7) is 0.500. The molecule has 2 aromatic carbocycles. The Hall–Kier alpha value is -2.07. The molecule has 0 heterocycles. The van der Waals surface area contributed by atoms with Gasteiger partial charge in [0.2, 0.25) is 5.91 Å². The molecule has 0 atom stereocenters. The molecular formula is C15H14ClFN2O. The number of halogens is 2. The van der Waals surface area contributed by atoms with Gasteiger partial charge in [0.25, 0.3) is 0 Å². The van der Waals surface area contributed by atoms with Crippen LogP contribution >= 0.6 is 11.6 Å². The predicted octanol–water partition coefficient (Wildman–Crippen LogP) is 3.21. The number of benzene rings is 2. The van der Waals surface area contributed by atoms with Gasteiger partial charge < -0.3 is 10.6 Å².